The maximum absolute atomic E-state index is 5.88. The van der Waals surface area contributed by atoms with E-state index in [2.05, 4.69) is 33.9 Å². The first-order valence-corrected chi connectivity index (χ1v) is 6.69. The van der Waals surface area contributed by atoms with Crippen LogP contribution in [0.3, 0.4) is 0 Å². The Labute approximate surface area is 118 Å². The first kappa shape index (κ1) is 14.3. The molecule has 0 unspecified atom stereocenters. The Morgan fingerprint density at radius 1 is 1.21 bits per heavy atom. The van der Waals surface area contributed by atoms with Gasteiger partial charge in [-0.3, -0.25) is 0 Å². The second kappa shape index (κ2) is 5.46. The summed E-state index contributed by atoms with van der Waals surface area (Å²) in [5, 5.41) is 0.154. The van der Waals surface area contributed by atoms with Crippen LogP contribution in [0.5, 0.6) is 6.01 Å². The predicted octanol–water partition coefficient (Wildman–Crippen LogP) is 1.45. The van der Waals surface area contributed by atoms with Gasteiger partial charge in [0.15, 0.2) is 0 Å². The summed E-state index contributed by atoms with van der Waals surface area (Å²) in [6.07, 6.45) is 3.66. The van der Waals surface area contributed by atoms with Crippen LogP contribution in [-0.2, 0) is 0 Å². The maximum atomic E-state index is 5.88. The van der Waals surface area contributed by atoms with Crippen LogP contribution in [0.1, 0.15) is 19.3 Å². The normalized spacial score (nSPS) is 17.2. The summed E-state index contributed by atoms with van der Waals surface area (Å²) < 4.78 is 5.02. The average molecular weight is 286 g/mol. The molecule has 106 valence electrons. The van der Waals surface area contributed by atoms with E-state index in [1.54, 1.807) is 0 Å². The van der Waals surface area contributed by atoms with Gasteiger partial charge >= 0.3 is 6.01 Å². The molecule has 1 aromatic heterocycles. The average Bonchev–Trinajstić information content (AvgIpc) is 2.32. The highest BCUT2D eigenvalue weighted by Gasteiger charge is 2.40. The third kappa shape index (κ3) is 2.90. The number of hydrogen-bond acceptors (Lipinski definition) is 6. The molecule has 7 heteroatoms. The zero-order chi connectivity index (χ0) is 14.0. The number of nitrogens with zero attached hydrogens (tertiary/aromatic N) is 5. The number of rotatable bonds is 5. The molecule has 1 aliphatic carbocycles. The molecular formula is C12H20ClN5O. The fraction of sp³-hybridized carbons (Fsp3) is 0.750. The molecule has 1 aromatic rings. The van der Waals surface area contributed by atoms with E-state index in [1.807, 2.05) is 11.9 Å². The van der Waals surface area contributed by atoms with Gasteiger partial charge in [-0.05, 0) is 45.0 Å². The van der Waals surface area contributed by atoms with Gasteiger partial charge in [0.2, 0.25) is 11.2 Å². The van der Waals surface area contributed by atoms with Crippen LogP contribution < -0.4 is 9.64 Å². The van der Waals surface area contributed by atoms with Crippen LogP contribution >= 0.6 is 11.6 Å². The van der Waals surface area contributed by atoms with Gasteiger partial charge in [0.1, 0.15) is 0 Å². The summed E-state index contributed by atoms with van der Waals surface area (Å²) >= 11 is 5.88. The van der Waals surface area contributed by atoms with Gasteiger partial charge in [-0.1, -0.05) is 0 Å². The Morgan fingerprint density at radius 3 is 2.37 bits per heavy atom. The topological polar surface area (TPSA) is 54.4 Å². The van der Waals surface area contributed by atoms with Crippen molar-refractivity contribution in [2.45, 2.75) is 24.8 Å². The Kier molecular flexibility index (Phi) is 4.10. The minimum absolute atomic E-state index is 0.154. The molecule has 0 N–H and O–H groups in total. The van der Waals surface area contributed by atoms with Crippen LogP contribution in [0.4, 0.5) is 5.95 Å². The van der Waals surface area contributed by atoms with Gasteiger partial charge in [0.05, 0.1) is 7.11 Å². The molecule has 1 fully saturated rings. The van der Waals surface area contributed by atoms with Crippen molar-refractivity contribution in [2.75, 3.05) is 39.7 Å². The lowest BCUT2D eigenvalue weighted by Gasteiger charge is -2.49. The van der Waals surface area contributed by atoms with E-state index in [0.717, 1.165) is 6.54 Å². The van der Waals surface area contributed by atoms with E-state index < -0.39 is 0 Å². The van der Waals surface area contributed by atoms with Gasteiger partial charge in [-0.15, -0.1) is 0 Å². The summed E-state index contributed by atoms with van der Waals surface area (Å²) in [7, 11) is 7.72. The first-order valence-electron chi connectivity index (χ1n) is 6.31. The zero-order valence-electron chi connectivity index (χ0n) is 11.9. The van der Waals surface area contributed by atoms with E-state index in [9.17, 15) is 0 Å². The second-order valence-corrected chi connectivity index (χ2v) is 5.56. The monoisotopic (exact) mass is 285 g/mol. The molecule has 2 rings (SSSR count). The third-order valence-corrected chi connectivity index (χ3v) is 4.03. The Balaban J connectivity index is 2.15. The highest BCUT2D eigenvalue weighted by molar-refractivity contribution is 6.28. The number of likely N-dealkylation sites (N-methyl/N-ethyl adjacent to an activating group) is 2. The molecular weight excluding hydrogens is 266 g/mol. The molecule has 0 saturated heterocycles. The molecule has 19 heavy (non-hydrogen) atoms. The minimum Gasteiger partial charge on any atom is -0.467 e. The summed E-state index contributed by atoms with van der Waals surface area (Å²) in [5.74, 6) is 0.546. The molecule has 0 aromatic carbocycles. The number of halogens is 1. The Hall–Kier alpha value is -1.14. The van der Waals surface area contributed by atoms with Crippen LogP contribution in [0, 0.1) is 0 Å². The Morgan fingerprint density at radius 2 is 1.89 bits per heavy atom. The van der Waals surface area contributed by atoms with Gasteiger partial charge in [-0.25, -0.2) is 0 Å². The largest absolute Gasteiger partial charge is 0.467 e. The van der Waals surface area contributed by atoms with E-state index in [-0.39, 0.29) is 16.8 Å². The van der Waals surface area contributed by atoms with Crippen LogP contribution in [-0.4, -0.2) is 60.2 Å². The molecule has 0 spiro atoms. The van der Waals surface area contributed by atoms with Gasteiger partial charge < -0.3 is 14.5 Å². The van der Waals surface area contributed by atoms with Gasteiger partial charge in [0, 0.05) is 19.1 Å². The zero-order valence-corrected chi connectivity index (χ0v) is 12.6. The highest BCUT2D eigenvalue weighted by Crippen LogP contribution is 2.37. The van der Waals surface area contributed by atoms with Gasteiger partial charge in [0.25, 0.3) is 0 Å². The summed E-state index contributed by atoms with van der Waals surface area (Å²) in [6, 6.07) is 0.245. The maximum Gasteiger partial charge on any atom is 0.322 e. The number of ether oxygens (including phenoxy) is 1. The number of anilines is 1. The lowest BCUT2D eigenvalue weighted by atomic mass is 9.75. The van der Waals surface area contributed by atoms with Crippen molar-refractivity contribution >= 4 is 17.5 Å². The lowest BCUT2D eigenvalue weighted by Crippen LogP contribution is -2.57. The third-order valence-electron chi connectivity index (χ3n) is 3.86. The second-order valence-electron chi connectivity index (χ2n) is 5.22. The SMILES string of the molecule is COc1nc(Cl)nc(N(C)CC2(N(C)C)CCC2)n1. The lowest BCUT2D eigenvalue weighted by molar-refractivity contribution is 0.0680. The smallest absolute Gasteiger partial charge is 0.322 e. The molecule has 0 amide bonds. The Bertz CT molecular complexity index is 450. The molecule has 1 saturated carbocycles. The van der Waals surface area contributed by atoms with Crippen LogP contribution in [0.25, 0.3) is 0 Å². The molecule has 1 aliphatic rings. The minimum atomic E-state index is 0.154. The number of methoxy groups -OCH3 is 1. The van der Waals surface area contributed by atoms with Crippen molar-refractivity contribution in [3.8, 4) is 6.01 Å². The van der Waals surface area contributed by atoms with E-state index >= 15 is 0 Å². The summed E-state index contributed by atoms with van der Waals surface area (Å²) in [5.41, 5.74) is 0.209. The van der Waals surface area contributed by atoms with Crippen molar-refractivity contribution in [3.05, 3.63) is 5.28 Å². The number of aromatic nitrogens is 3. The molecule has 0 atom stereocenters. The molecule has 0 radical (unpaired) electrons. The standard InChI is InChI=1S/C12H20ClN5O/c1-17(2)12(6-5-7-12)8-18(3)10-14-9(13)15-11(16-10)19-4/h5-8H2,1-4H3. The molecule has 1 heterocycles. The fourth-order valence-electron chi connectivity index (χ4n) is 2.43. The first-order chi connectivity index (χ1) is 8.97. The van der Waals surface area contributed by atoms with E-state index in [1.165, 1.54) is 26.4 Å². The van der Waals surface area contributed by atoms with E-state index in [0.29, 0.717) is 5.95 Å². The van der Waals surface area contributed by atoms with Crippen LogP contribution in [0.15, 0.2) is 0 Å². The fourth-order valence-corrected chi connectivity index (χ4v) is 2.58. The van der Waals surface area contributed by atoms with Crippen LogP contribution in [0.2, 0.25) is 5.28 Å². The van der Waals surface area contributed by atoms with Crippen molar-refractivity contribution in [2.24, 2.45) is 0 Å². The summed E-state index contributed by atoms with van der Waals surface area (Å²) in [4.78, 5) is 16.6. The van der Waals surface area contributed by atoms with Gasteiger partial charge in [-0.2, -0.15) is 15.0 Å². The number of hydrogen-bond donors (Lipinski definition) is 0. The van der Waals surface area contributed by atoms with Crippen molar-refractivity contribution < 1.29 is 4.74 Å². The molecule has 6 nitrogen and oxygen atoms in total. The summed E-state index contributed by atoms with van der Waals surface area (Å²) in [6.45, 7) is 0.865. The molecule has 0 aliphatic heterocycles. The highest BCUT2D eigenvalue weighted by atomic mass is 35.5. The van der Waals surface area contributed by atoms with Crippen molar-refractivity contribution in [1.82, 2.24) is 19.9 Å². The molecule has 0 bridgehead atoms. The quantitative estimate of drug-likeness (QED) is 0.816. The van der Waals surface area contributed by atoms with Crippen molar-refractivity contribution in [3.63, 3.8) is 0 Å². The predicted molar refractivity (Wildman–Crippen MR) is 74.9 cm³/mol. The van der Waals surface area contributed by atoms with Crippen molar-refractivity contribution in [1.29, 1.82) is 0 Å². The van der Waals surface area contributed by atoms with E-state index in [4.69, 9.17) is 16.3 Å².